The van der Waals surface area contributed by atoms with Crippen LogP contribution in [0.25, 0.3) is 0 Å². The number of benzene rings is 1. The topological polar surface area (TPSA) is 32.3 Å². The Labute approximate surface area is 95.3 Å². The van der Waals surface area contributed by atoms with Gasteiger partial charge in [0, 0.05) is 16.6 Å². The van der Waals surface area contributed by atoms with Crippen LogP contribution in [0.4, 0.5) is 0 Å². The zero-order valence-corrected chi connectivity index (χ0v) is 9.80. The normalized spacial score (nSPS) is 25.8. The third-order valence-electron chi connectivity index (χ3n) is 3.02. The molecule has 0 saturated carbocycles. The molecular weight excluding hydrogens is 210 g/mol. The Morgan fingerprint density at radius 1 is 1.47 bits per heavy atom. The fourth-order valence-electron chi connectivity index (χ4n) is 2.18. The van der Waals surface area contributed by atoms with Gasteiger partial charge in [-0.1, -0.05) is 18.5 Å². The van der Waals surface area contributed by atoms with Crippen molar-refractivity contribution in [1.29, 1.82) is 0 Å². The van der Waals surface area contributed by atoms with Gasteiger partial charge in [0.05, 0.1) is 0 Å². The van der Waals surface area contributed by atoms with Gasteiger partial charge < -0.3 is 10.4 Å². The van der Waals surface area contributed by atoms with Gasteiger partial charge >= 0.3 is 0 Å². The van der Waals surface area contributed by atoms with Crippen LogP contribution in [-0.4, -0.2) is 11.7 Å². The Balaban J connectivity index is 2.35. The first kappa shape index (κ1) is 10.8. The van der Waals surface area contributed by atoms with E-state index in [4.69, 9.17) is 11.6 Å². The average Bonchev–Trinajstić information content (AvgIpc) is 2.58. The molecule has 0 bridgehead atoms. The molecule has 82 valence electrons. The molecular formula is C12H16ClNO. The van der Waals surface area contributed by atoms with Crippen molar-refractivity contribution < 1.29 is 5.11 Å². The lowest BCUT2D eigenvalue weighted by Crippen LogP contribution is -2.13. The minimum absolute atomic E-state index is 0.248. The molecule has 15 heavy (non-hydrogen) atoms. The largest absolute Gasteiger partial charge is 0.507 e. The van der Waals surface area contributed by atoms with Gasteiger partial charge in [0.2, 0.25) is 0 Å². The minimum atomic E-state index is 0.248. The number of phenols is 1. The number of phenolic OH excluding ortho intramolecular Hbond substituents is 1. The lowest BCUT2D eigenvalue weighted by molar-refractivity contribution is 0.452. The monoisotopic (exact) mass is 225 g/mol. The molecule has 0 spiro atoms. The zero-order chi connectivity index (χ0) is 11.0. The van der Waals surface area contributed by atoms with Crippen LogP contribution in [0.15, 0.2) is 12.1 Å². The number of halogens is 1. The first-order valence-corrected chi connectivity index (χ1v) is 5.68. The Kier molecular flexibility index (Phi) is 2.89. The van der Waals surface area contributed by atoms with Crippen LogP contribution in [0.1, 0.15) is 30.5 Å². The van der Waals surface area contributed by atoms with Crippen molar-refractivity contribution in [2.75, 3.05) is 6.54 Å². The standard InChI is InChI=1S/C12H16ClNO/c1-7-3-11(14-6-7)10-5-9(13)4-8(2)12(10)15/h4-5,7,11,14-15H,3,6H2,1-2H3/t7-,11-/m1/s1. The first-order chi connectivity index (χ1) is 7.08. The summed E-state index contributed by atoms with van der Waals surface area (Å²) in [6.07, 6.45) is 1.06. The predicted molar refractivity (Wildman–Crippen MR) is 62.4 cm³/mol. The van der Waals surface area contributed by atoms with Gasteiger partial charge in [0.25, 0.3) is 0 Å². The number of nitrogens with one attached hydrogen (secondary N) is 1. The van der Waals surface area contributed by atoms with Crippen LogP contribution < -0.4 is 5.32 Å². The molecule has 2 rings (SSSR count). The van der Waals surface area contributed by atoms with Gasteiger partial charge in [-0.25, -0.2) is 0 Å². The third-order valence-corrected chi connectivity index (χ3v) is 3.24. The van der Waals surface area contributed by atoms with Crippen molar-refractivity contribution in [2.45, 2.75) is 26.3 Å². The van der Waals surface area contributed by atoms with E-state index in [0.29, 0.717) is 16.7 Å². The maximum Gasteiger partial charge on any atom is 0.123 e. The van der Waals surface area contributed by atoms with Crippen LogP contribution in [0, 0.1) is 12.8 Å². The van der Waals surface area contributed by atoms with Crippen LogP contribution >= 0.6 is 11.6 Å². The fourth-order valence-corrected chi connectivity index (χ4v) is 2.46. The molecule has 0 unspecified atom stereocenters. The van der Waals surface area contributed by atoms with Crippen LogP contribution in [0.2, 0.25) is 5.02 Å². The van der Waals surface area contributed by atoms with Crippen molar-refractivity contribution in [1.82, 2.24) is 5.32 Å². The molecule has 1 aromatic carbocycles. The fraction of sp³-hybridized carbons (Fsp3) is 0.500. The maximum absolute atomic E-state index is 9.97. The number of hydrogen-bond donors (Lipinski definition) is 2. The number of hydrogen-bond acceptors (Lipinski definition) is 2. The van der Waals surface area contributed by atoms with Gasteiger partial charge in [-0.2, -0.15) is 0 Å². The van der Waals surface area contributed by atoms with Crippen molar-refractivity contribution >= 4 is 11.6 Å². The highest BCUT2D eigenvalue weighted by molar-refractivity contribution is 6.30. The quantitative estimate of drug-likeness (QED) is 0.770. The van der Waals surface area contributed by atoms with E-state index in [1.54, 1.807) is 6.07 Å². The van der Waals surface area contributed by atoms with Crippen LogP contribution in [0.3, 0.4) is 0 Å². The summed E-state index contributed by atoms with van der Waals surface area (Å²) in [6, 6.07) is 3.90. The van der Waals surface area contributed by atoms with Gasteiger partial charge in [-0.15, -0.1) is 0 Å². The number of aryl methyl sites for hydroxylation is 1. The molecule has 2 nitrogen and oxygen atoms in total. The molecule has 0 amide bonds. The Bertz CT molecular complexity index is 378. The van der Waals surface area contributed by atoms with E-state index < -0.39 is 0 Å². The van der Waals surface area contributed by atoms with E-state index in [-0.39, 0.29) is 6.04 Å². The van der Waals surface area contributed by atoms with Gasteiger partial charge in [-0.05, 0) is 43.5 Å². The van der Waals surface area contributed by atoms with Crippen molar-refractivity contribution in [3.63, 3.8) is 0 Å². The van der Waals surface area contributed by atoms with E-state index in [2.05, 4.69) is 12.2 Å². The summed E-state index contributed by atoms with van der Waals surface area (Å²) < 4.78 is 0. The van der Waals surface area contributed by atoms with Crippen molar-refractivity contribution in [2.24, 2.45) is 5.92 Å². The second kappa shape index (κ2) is 4.03. The molecule has 2 atom stereocenters. The summed E-state index contributed by atoms with van der Waals surface area (Å²) in [5.41, 5.74) is 1.78. The molecule has 1 aromatic rings. The van der Waals surface area contributed by atoms with E-state index >= 15 is 0 Å². The molecule has 0 radical (unpaired) electrons. The third kappa shape index (κ3) is 2.11. The van der Waals surface area contributed by atoms with Gasteiger partial charge in [0.15, 0.2) is 0 Å². The molecule has 1 aliphatic rings. The van der Waals surface area contributed by atoms with Gasteiger partial charge in [-0.3, -0.25) is 0 Å². The highest BCUT2D eigenvalue weighted by Crippen LogP contribution is 2.36. The molecule has 1 saturated heterocycles. The van der Waals surface area contributed by atoms with E-state index in [0.717, 1.165) is 24.1 Å². The summed E-state index contributed by atoms with van der Waals surface area (Å²) in [7, 11) is 0. The Hall–Kier alpha value is -0.730. The smallest absolute Gasteiger partial charge is 0.123 e. The molecule has 1 fully saturated rings. The second-order valence-electron chi connectivity index (χ2n) is 4.46. The second-order valence-corrected chi connectivity index (χ2v) is 4.90. The van der Waals surface area contributed by atoms with E-state index in [1.807, 2.05) is 13.0 Å². The highest BCUT2D eigenvalue weighted by atomic mass is 35.5. The number of rotatable bonds is 1. The molecule has 2 N–H and O–H groups in total. The first-order valence-electron chi connectivity index (χ1n) is 5.30. The Morgan fingerprint density at radius 2 is 2.20 bits per heavy atom. The van der Waals surface area contributed by atoms with E-state index in [9.17, 15) is 5.11 Å². The van der Waals surface area contributed by atoms with Crippen LogP contribution in [-0.2, 0) is 0 Å². The average molecular weight is 226 g/mol. The SMILES string of the molecule is Cc1cc(Cl)cc([C@H]2C[C@@H](C)CN2)c1O. The molecule has 0 aromatic heterocycles. The molecule has 1 heterocycles. The van der Waals surface area contributed by atoms with Gasteiger partial charge in [0.1, 0.15) is 5.75 Å². The zero-order valence-electron chi connectivity index (χ0n) is 9.05. The number of aromatic hydroxyl groups is 1. The summed E-state index contributed by atoms with van der Waals surface area (Å²) in [5.74, 6) is 1.04. The molecule has 3 heteroatoms. The summed E-state index contributed by atoms with van der Waals surface area (Å²) in [4.78, 5) is 0. The lowest BCUT2D eigenvalue weighted by atomic mass is 9.98. The van der Waals surface area contributed by atoms with Crippen LogP contribution in [0.5, 0.6) is 5.75 Å². The molecule has 0 aliphatic carbocycles. The summed E-state index contributed by atoms with van der Waals surface area (Å²) >= 11 is 6.00. The lowest BCUT2D eigenvalue weighted by Gasteiger charge is -2.14. The van der Waals surface area contributed by atoms with E-state index in [1.165, 1.54) is 0 Å². The summed E-state index contributed by atoms with van der Waals surface area (Å²) in [5, 5.41) is 14.1. The van der Waals surface area contributed by atoms with Crippen molar-refractivity contribution in [3.05, 3.63) is 28.3 Å². The van der Waals surface area contributed by atoms with Crippen molar-refractivity contribution in [3.8, 4) is 5.75 Å². The maximum atomic E-state index is 9.97. The Morgan fingerprint density at radius 3 is 2.80 bits per heavy atom. The summed E-state index contributed by atoms with van der Waals surface area (Å²) in [6.45, 7) is 5.10. The predicted octanol–water partition coefficient (Wildman–Crippen LogP) is 3.02. The minimum Gasteiger partial charge on any atom is -0.507 e. The highest BCUT2D eigenvalue weighted by Gasteiger charge is 2.25. The molecule has 1 aliphatic heterocycles.